The molecule has 0 spiro atoms. The van der Waals surface area contributed by atoms with Crippen molar-refractivity contribution in [3.63, 3.8) is 0 Å². The first-order valence-electron chi connectivity index (χ1n) is 4.22. The number of rotatable bonds is 1. The fraction of sp³-hybridized carbons (Fsp3) is 0.500. The van der Waals surface area contributed by atoms with Crippen molar-refractivity contribution in [2.24, 2.45) is 0 Å². The Labute approximate surface area is 90.4 Å². The van der Waals surface area contributed by atoms with E-state index in [0.717, 1.165) is 35.8 Å². The van der Waals surface area contributed by atoms with Crippen LogP contribution in [-0.2, 0) is 4.74 Å². The predicted molar refractivity (Wildman–Crippen MR) is 50.5 cm³/mol. The number of aromatic nitrogens is 2. The molecule has 1 aliphatic rings. The molecule has 67 valence electrons. The molecule has 0 atom stereocenters. The zero-order valence-corrected chi connectivity index (χ0v) is 10.1. The minimum absolute atomic E-state index is 0.793. The molecule has 0 aliphatic carbocycles. The average Bonchev–Trinajstić information content (AvgIpc) is 2.20. The Balaban J connectivity index is 2.10. The van der Waals surface area contributed by atoms with Gasteiger partial charge in [0, 0.05) is 0 Å². The predicted octanol–water partition coefficient (Wildman–Crippen LogP) is -0.893. The van der Waals surface area contributed by atoms with E-state index in [4.69, 9.17) is 4.74 Å². The summed E-state index contributed by atoms with van der Waals surface area (Å²) in [6.45, 7) is 3.43. The van der Waals surface area contributed by atoms with Gasteiger partial charge in [-0.1, -0.05) is 0 Å². The van der Waals surface area contributed by atoms with E-state index in [9.17, 15) is 0 Å². The zero-order chi connectivity index (χ0) is 9.10. The molecule has 4 nitrogen and oxygen atoms in total. The molecule has 2 rings (SSSR count). The van der Waals surface area contributed by atoms with Crippen LogP contribution in [0.1, 0.15) is 0 Å². The van der Waals surface area contributed by atoms with E-state index in [2.05, 4.69) is 14.9 Å². The average molecular weight is 283 g/mol. The van der Waals surface area contributed by atoms with E-state index >= 15 is 0 Å². The summed E-state index contributed by atoms with van der Waals surface area (Å²) in [5.74, 6) is 0.967. The number of hydrogen-bond acceptors (Lipinski definition) is 4. The number of anilines is 1. The summed E-state index contributed by atoms with van der Waals surface area (Å²) in [4.78, 5) is 10.8. The molecule has 1 aromatic rings. The maximum absolute atomic E-state index is 5.26. The Kier molecular flexibility index (Phi) is 3.00. The molecule has 0 N–H and O–H groups in total. The Hall–Kier alpha value is -0.361. The van der Waals surface area contributed by atoms with Gasteiger partial charge in [0.1, 0.15) is 0 Å². The summed E-state index contributed by atoms with van der Waals surface area (Å²) in [7, 11) is 0. The number of hydrogen-bond donors (Lipinski definition) is 0. The zero-order valence-electron chi connectivity index (χ0n) is 7.23. The standard InChI is InChI=1S/C8H10N3O.Sn/c1-2-10-8(7-9-1)11-3-5-12-6-4-11;/h2,7H,3-6H2;. The van der Waals surface area contributed by atoms with Gasteiger partial charge >= 0.3 is 90.4 Å². The van der Waals surface area contributed by atoms with Gasteiger partial charge in [0.15, 0.2) is 0 Å². The molecule has 0 unspecified atom stereocenters. The van der Waals surface area contributed by atoms with Crippen molar-refractivity contribution in [3.05, 3.63) is 12.4 Å². The minimum atomic E-state index is 0.793. The summed E-state index contributed by atoms with van der Waals surface area (Å²) in [5, 5.41) is 0. The molecule has 3 radical (unpaired) electrons. The van der Waals surface area contributed by atoms with Crippen LogP contribution in [0.4, 0.5) is 5.82 Å². The fourth-order valence-electron chi connectivity index (χ4n) is 1.28. The third-order valence-electron chi connectivity index (χ3n) is 1.97. The van der Waals surface area contributed by atoms with E-state index in [1.807, 2.05) is 12.4 Å². The quantitative estimate of drug-likeness (QED) is 0.627. The molecule has 1 fully saturated rings. The van der Waals surface area contributed by atoms with Gasteiger partial charge in [-0.2, -0.15) is 0 Å². The van der Waals surface area contributed by atoms with Crippen molar-refractivity contribution in [3.8, 4) is 0 Å². The molecule has 1 aromatic heterocycles. The van der Waals surface area contributed by atoms with E-state index in [1.54, 1.807) is 0 Å². The third kappa shape index (κ3) is 2.31. The van der Waals surface area contributed by atoms with Crippen molar-refractivity contribution in [2.75, 3.05) is 31.2 Å². The molecular weight excluding hydrogens is 273 g/mol. The summed E-state index contributed by atoms with van der Waals surface area (Å²) in [5.41, 5.74) is 0. The van der Waals surface area contributed by atoms with E-state index in [1.165, 1.54) is 22.5 Å². The topological polar surface area (TPSA) is 38.2 Å². The summed E-state index contributed by atoms with van der Waals surface area (Å²) >= 11 is 1.31. The Bertz CT molecular complexity index is 271. The van der Waals surface area contributed by atoms with E-state index in [-0.39, 0.29) is 0 Å². The second kappa shape index (κ2) is 4.23. The van der Waals surface area contributed by atoms with Crippen LogP contribution in [-0.4, -0.2) is 58.8 Å². The Morgan fingerprint density at radius 3 is 2.62 bits per heavy atom. The van der Waals surface area contributed by atoms with Crippen LogP contribution in [0.3, 0.4) is 0 Å². The first-order chi connectivity index (χ1) is 6.36. The van der Waals surface area contributed by atoms with Gasteiger partial charge in [-0.3, -0.25) is 0 Å². The van der Waals surface area contributed by atoms with Crippen LogP contribution in [0.2, 0.25) is 0 Å². The van der Waals surface area contributed by atoms with Gasteiger partial charge in [-0.15, -0.1) is 0 Å². The maximum atomic E-state index is 5.26. The summed E-state index contributed by atoms with van der Waals surface area (Å²) < 4.78 is 6.31. The second-order valence-corrected chi connectivity index (χ2v) is 4.32. The van der Waals surface area contributed by atoms with Gasteiger partial charge in [-0.05, 0) is 0 Å². The molecule has 0 saturated carbocycles. The van der Waals surface area contributed by atoms with Crippen molar-refractivity contribution in [1.29, 1.82) is 0 Å². The SMILES string of the molecule is [Sn][c]1cnc(N2CCOCC2)cn1. The van der Waals surface area contributed by atoms with Crippen molar-refractivity contribution in [1.82, 2.24) is 9.97 Å². The Morgan fingerprint density at radius 1 is 1.23 bits per heavy atom. The van der Waals surface area contributed by atoms with Crippen molar-refractivity contribution < 1.29 is 4.74 Å². The molecule has 1 saturated heterocycles. The number of nitrogens with zero attached hydrogens (tertiary/aromatic N) is 3. The van der Waals surface area contributed by atoms with Crippen molar-refractivity contribution in [2.45, 2.75) is 0 Å². The van der Waals surface area contributed by atoms with Crippen molar-refractivity contribution >= 4 is 32.1 Å². The van der Waals surface area contributed by atoms with E-state index < -0.39 is 0 Å². The first kappa shape index (κ1) is 9.20. The van der Waals surface area contributed by atoms with Gasteiger partial charge < -0.3 is 0 Å². The Morgan fingerprint density at radius 2 is 2.00 bits per heavy atom. The molecule has 1 aliphatic heterocycles. The van der Waals surface area contributed by atoms with Gasteiger partial charge in [0.2, 0.25) is 0 Å². The molecule has 0 amide bonds. The van der Waals surface area contributed by atoms with Gasteiger partial charge in [-0.25, -0.2) is 0 Å². The van der Waals surface area contributed by atoms with Crippen LogP contribution in [0, 0.1) is 0 Å². The first-order valence-corrected chi connectivity index (χ1v) is 5.65. The van der Waals surface area contributed by atoms with Crippen LogP contribution < -0.4 is 8.61 Å². The van der Waals surface area contributed by atoms with Crippen LogP contribution >= 0.6 is 0 Å². The number of morpholine rings is 1. The third-order valence-corrected chi connectivity index (χ3v) is 2.71. The summed E-state index contributed by atoms with van der Waals surface area (Å²) in [6, 6.07) is 0. The molecule has 0 aromatic carbocycles. The normalized spacial score (nSPS) is 17.5. The van der Waals surface area contributed by atoms with Crippen LogP contribution in [0.25, 0.3) is 0 Å². The molecule has 13 heavy (non-hydrogen) atoms. The van der Waals surface area contributed by atoms with Crippen LogP contribution in [0.5, 0.6) is 0 Å². The second-order valence-electron chi connectivity index (χ2n) is 2.86. The monoisotopic (exact) mass is 284 g/mol. The van der Waals surface area contributed by atoms with E-state index in [0.29, 0.717) is 0 Å². The van der Waals surface area contributed by atoms with Crippen LogP contribution in [0.15, 0.2) is 12.4 Å². The summed E-state index contributed by atoms with van der Waals surface area (Å²) in [6.07, 6.45) is 3.68. The molecular formula is C8H10N3OSn. The number of ether oxygens (including phenoxy) is 1. The fourth-order valence-corrected chi connectivity index (χ4v) is 1.65. The molecule has 0 bridgehead atoms. The molecule has 2 heterocycles. The van der Waals surface area contributed by atoms with Gasteiger partial charge in [0.25, 0.3) is 0 Å². The van der Waals surface area contributed by atoms with Gasteiger partial charge in [0.05, 0.1) is 0 Å². The molecule has 5 heteroatoms.